The van der Waals surface area contributed by atoms with E-state index in [1.54, 1.807) is 0 Å². The Labute approximate surface area is 74.3 Å². The molecule has 0 saturated carbocycles. The number of nitrogens with one attached hydrogen (secondary N) is 1. The summed E-state index contributed by atoms with van der Waals surface area (Å²) in [4.78, 5) is 0. The number of thioether (sulfide) groups is 1. The Morgan fingerprint density at radius 1 is 1.45 bits per heavy atom. The molecular weight excluding hydrogens is 154 g/mol. The van der Waals surface area contributed by atoms with Crippen LogP contribution >= 0.6 is 11.8 Å². The van der Waals surface area contributed by atoms with Crippen molar-refractivity contribution in [1.82, 2.24) is 5.32 Å². The van der Waals surface area contributed by atoms with Gasteiger partial charge < -0.3 is 5.32 Å². The lowest BCUT2D eigenvalue weighted by atomic mass is 10.0. The van der Waals surface area contributed by atoms with Crippen LogP contribution in [0.2, 0.25) is 0 Å². The van der Waals surface area contributed by atoms with Crippen LogP contribution in [0.15, 0.2) is 0 Å². The van der Waals surface area contributed by atoms with Gasteiger partial charge in [0.2, 0.25) is 0 Å². The summed E-state index contributed by atoms with van der Waals surface area (Å²) in [5.74, 6) is 2.61. The van der Waals surface area contributed by atoms with E-state index in [-0.39, 0.29) is 0 Å². The largest absolute Gasteiger partial charge is 0.314 e. The molecule has 1 fully saturated rings. The number of rotatable bonds is 4. The van der Waals surface area contributed by atoms with Crippen molar-refractivity contribution < 1.29 is 0 Å². The van der Waals surface area contributed by atoms with Gasteiger partial charge in [-0.3, -0.25) is 0 Å². The summed E-state index contributed by atoms with van der Waals surface area (Å²) >= 11 is 2.06. The standard InChI is InChI=1S/C9H19NS/c1-2-11-8-6-9-5-3-4-7-10-9/h9-10H,2-8H2,1H3/t9-/m1/s1. The van der Waals surface area contributed by atoms with Crippen molar-refractivity contribution in [3.63, 3.8) is 0 Å². The molecule has 1 saturated heterocycles. The SMILES string of the molecule is CCSCC[C@H]1CCCCN1. The predicted molar refractivity (Wildman–Crippen MR) is 53.3 cm³/mol. The lowest BCUT2D eigenvalue weighted by Crippen LogP contribution is -2.34. The average Bonchev–Trinajstić information content (AvgIpc) is 2.07. The highest BCUT2D eigenvalue weighted by Gasteiger charge is 2.10. The van der Waals surface area contributed by atoms with Crippen LogP contribution in [0.1, 0.15) is 32.6 Å². The van der Waals surface area contributed by atoms with E-state index in [1.807, 2.05) is 0 Å². The van der Waals surface area contributed by atoms with Crippen molar-refractivity contribution in [2.24, 2.45) is 0 Å². The van der Waals surface area contributed by atoms with E-state index in [2.05, 4.69) is 24.0 Å². The van der Waals surface area contributed by atoms with Gasteiger partial charge in [0.15, 0.2) is 0 Å². The lowest BCUT2D eigenvalue weighted by molar-refractivity contribution is 0.395. The van der Waals surface area contributed by atoms with E-state index >= 15 is 0 Å². The Morgan fingerprint density at radius 2 is 2.36 bits per heavy atom. The lowest BCUT2D eigenvalue weighted by Gasteiger charge is -2.22. The fourth-order valence-electron chi connectivity index (χ4n) is 1.54. The molecule has 0 aromatic rings. The van der Waals surface area contributed by atoms with Gasteiger partial charge in [-0.25, -0.2) is 0 Å². The highest BCUT2D eigenvalue weighted by Crippen LogP contribution is 2.12. The van der Waals surface area contributed by atoms with Crippen molar-refractivity contribution in [3.8, 4) is 0 Å². The quantitative estimate of drug-likeness (QED) is 0.655. The Balaban J connectivity index is 1.96. The molecule has 2 heteroatoms. The van der Waals surface area contributed by atoms with E-state index in [4.69, 9.17) is 0 Å². The molecule has 1 rings (SSSR count). The monoisotopic (exact) mass is 173 g/mol. The minimum atomic E-state index is 0.836. The van der Waals surface area contributed by atoms with E-state index in [1.165, 1.54) is 43.7 Å². The average molecular weight is 173 g/mol. The fraction of sp³-hybridized carbons (Fsp3) is 1.00. The first-order chi connectivity index (χ1) is 5.43. The maximum atomic E-state index is 3.56. The van der Waals surface area contributed by atoms with Crippen LogP contribution < -0.4 is 5.32 Å². The first kappa shape index (κ1) is 9.40. The van der Waals surface area contributed by atoms with E-state index in [9.17, 15) is 0 Å². The molecule has 1 atom stereocenters. The molecule has 1 aliphatic rings. The van der Waals surface area contributed by atoms with Crippen LogP contribution in [-0.2, 0) is 0 Å². The summed E-state index contributed by atoms with van der Waals surface area (Å²) in [6.45, 7) is 3.49. The van der Waals surface area contributed by atoms with Gasteiger partial charge in [0, 0.05) is 6.04 Å². The van der Waals surface area contributed by atoms with Gasteiger partial charge in [0.05, 0.1) is 0 Å². The second-order valence-electron chi connectivity index (χ2n) is 3.13. The molecule has 1 nitrogen and oxygen atoms in total. The molecule has 0 aromatic heterocycles. The van der Waals surface area contributed by atoms with Crippen molar-refractivity contribution in [2.45, 2.75) is 38.6 Å². The van der Waals surface area contributed by atoms with Crippen LogP contribution in [0.25, 0.3) is 0 Å². The van der Waals surface area contributed by atoms with Crippen LogP contribution in [0.3, 0.4) is 0 Å². The van der Waals surface area contributed by atoms with E-state index < -0.39 is 0 Å². The number of hydrogen-bond donors (Lipinski definition) is 1. The molecule has 0 amide bonds. The Kier molecular flexibility index (Phi) is 5.04. The maximum Gasteiger partial charge on any atom is 0.00749 e. The van der Waals surface area contributed by atoms with Crippen LogP contribution in [-0.4, -0.2) is 24.1 Å². The topological polar surface area (TPSA) is 12.0 Å². The molecule has 0 spiro atoms. The second-order valence-corrected chi connectivity index (χ2v) is 4.53. The summed E-state index contributed by atoms with van der Waals surface area (Å²) in [5.41, 5.74) is 0. The van der Waals surface area contributed by atoms with Gasteiger partial charge >= 0.3 is 0 Å². The summed E-state index contributed by atoms with van der Waals surface area (Å²) in [6, 6.07) is 0.836. The Morgan fingerprint density at radius 3 is 3.00 bits per heavy atom. The number of hydrogen-bond acceptors (Lipinski definition) is 2. The molecule has 0 aliphatic carbocycles. The zero-order valence-corrected chi connectivity index (χ0v) is 8.25. The number of piperidine rings is 1. The summed E-state index contributed by atoms with van der Waals surface area (Å²) in [7, 11) is 0. The van der Waals surface area contributed by atoms with Crippen molar-refractivity contribution in [3.05, 3.63) is 0 Å². The minimum absolute atomic E-state index is 0.836. The third-order valence-electron chi connectivity index (χ3n) is 2.23. The third kappa shape index (κ3) is 4.02. The predicted octanol–water partition coefficient (Wildman–Crippen LogP) is 2.27. The van der Waals surface area contributed by atoms with E-state index in [0.717, 1.165) is 6.04 Å². The van der Waals surface area contributed by atoms with Crippen LogP contribution in [0.5, 0.6) is 0 Å². The fourth-order valence-corrected chi connectivity index (χ4v) is 2.28. The first-order valence-electron chi connectivity index (χ1n) is 4.74. The van der Waals surface area contributed by atoms with E-state index in [0.29, 0.717) is 0 Å². The second kappa shape index (κ2) is 5.90. The molecule has 1 heterocycles. The van der Waals surface area contributed by atoms with Crippen molar-refractivity contribution >= 4 is 11.8 Å². The first-order valence-corrected chi connectivity index (χ1v) is 5.90. The summed E-state index contributed by atoms with van der Waals surface area (Å²) in [5, 5.41) is 3.56. The van der Waals surface area contributed by atoms with Gasteiger partial charge in [-0.15, -0.1) is 0 Å². The zero-order chi connectivity index (χ0) is 7.94. The van der Waals surface area contributed by atoms with Gasteiger partial charge in [-0.05, 0) is 37.3 Å². The highest BCUT2D eigenvalue weighted by molar-refractivity contribution is 7.99. The molecule has 0 radical (unpaired) electrons. The molecule has 11 heavy (non-hydrogen) atoms. The van der Waals surface area contributed by atoms with Crippen LogP contribution in [0.4, 0.5) is 0 Å². The molecule has 66 valence electrons. The summed E-state index contributed by atoms with van der Waals surface area (Å²) in [6.07, 6.45) is 5.61. The van der Waals surface area contributed by atoms with Crippen molar-refractivity contribution in [1.29, 1.82) is 0 Å². The Hall–Kier alpha value is 0.310. The molecular formula is C9H19NS. The van der Waals surface area contributed by atoms with Crippen molar-refractivity contribution in [2.75, 3.05) is 18.1 Å². The third-order valence-corrected chi connectivity index (χ3v) is 3.16. The molecule has 1 N–H and O–H groups in total. The van der Waals surface area contributed by atoms with Gasteiger partial charge in [-0.1, -0.05) is 13.3 Å². The van der Waals surface area contributed by atoms with Gasteiger partial charge in [0.1, 0.15) is 0 Å². The minimum Gasteiger partial charge on any atom is -0.314 e. The van der Waals surface area contributed by atoms with Crippen LogP contribution in [0, 0.1) is 0 Å². The molecule has 0 bridgehead atoms. The highest BCUT2D eigenvalue weighted by atomic mass is 32.2. The summed E-state index contributed by atoms with van der Waals surface area (Å²) < 4.78 is 0. The molecule has 0 unspecified atom stereocenters. The zero-order valence-electron chi connectivity index (χ0n) is 7.44. The van der Waals surface area contributed by atoms with Gasteiger partial charge in [-0.2, -0.15) is 11.8 Å². The van der Waals surface area contributed by atoms with Gasteiger partial charge in [0.25, 0.3) is 0 Å². The normalized spacial score (nSPS) is 25.4. The molecule has 0 aromatic carbocycles. The molecule has 1 aliphatic heterocycles. The smallest absolute Gasteiger partial charge is 0.00749 e. The maximum absolute atomic E-state index is 3.56. The Bertz CT molecular complexity index is 89.6.